The van der Waals surface area contributed by atoms with E-state index < -0.39 is 0 Å². The number of fused-ring (bicyclic) bond motifs is 1. The fourth-order valence-corrected chi connectivity index (χ4v) is 2.03. The Kier molecular flexibility index (Phi) is 4.96. The standard InChI is InChI=1S/C15H18N2O2/c1-18-8-2-9-19-10-7-17-6-5-14-11-13(12-16)3-4-15(14)17/h3-6,11H,2,7-10H2,1H3. The molecule has 0 aliphatic carbocycles. The molecule has 1 aromatic carbocycles. The van der Waals surface area contributed by atoms with Gasteiger partial charge in [0.2, 0.25) is 0 Å². The third kappa shape index (κ3) is 3.57. The summed E-state index contributed by atoms with van der Waals surface area (Å²) >= 11 is 0. The first-order valence-electron chi connectivity index (χ1n) is 6.41. The van der Waals surface area contributed by atoms with E-state index in [4.69, 9.17) is 14.7 Å². The van der Waals surface area contributed by atoms with E-state index in [9.17, 15) is 0 Å². The van der Waals surface area contributed by atoms with Crippen LogP contribution in [0.15, 0.2) is 30.5 Å². The molecule has 0 atom stereocenters. The van der Waals surface area contributed by atoms with E-state index in [0.29, 0.717) is 12.2 Å². The lowest BCUT2D eigenvalue weighted by molar-refractivity contribution is 0.0982. The normalized spacial score (nSPS) is 10.7. The molecule has 1 aromatic heterocycles. The van der Waals surface area contributed by atoms with Crippen LogP contribution in [0.4, 0.5) is 0 Å². The van der Waals surface area contributed by atoms with Crippen LogP contribution in [0.1, 0.15) is 12.0 Å². The van der Waals surface area contributed by atoms with E-state index in [1.807, 2.05) is 30.5 Å². The zero-order chi connectivity index (χ0) is 13.5. The van der Waals surface area contributed by atoms with Gasteiger partial charge in [-0.15, -0.1) is 0 Å². The van der Waals surface area contributed by atoms with Crippen molar-refractivity contribution in [2.45, 2.75) is 13.0 Å². The molecule has 0 fully saturated rings. The van der Waals surface area contributed by atoms with E-state index in [0.717, 1.165) is 37.1 Å². The largest absolute Gasteiger partial charge is 0.385 e. The maximum absolute atomic E-state index is 8.86. The molecule has 0 spiro atoms. The van der Waals surface area contributed by atoms with Crippen LogP contribution in [-0.2, 0) is 16.0 Å². The van der Waals surface area contributed by atoms with Crippen molar-refractivity contribution in [1.29, 1.82) is 5.26 Å². The molecule has 0 bridgehead atoms. The summed E-state index contributed by atoms with van der Waals surface area (Å²) < 4.78 is 12.7. The molecule has 100 valence electrons. The molecule has 0 saturated heterocycles. The second kappa shape index (κ2) is 6.93. The minimum atomic E-state index is 0.688. The SMILES string of the molecule is COCCCOCCn1ccc2cc(C#N)ccc21. The molecule has 1 heterocycles. The Hall–Kier alpha value is -1.83. The summed E-state index contributed by atoms with van der Waals surface area (Å²) in [6.07, 6.45) is 2.96. The Balaban J connectivity index is 1.89. The summed E-state index contributed by atoms with van der Waals surface area (Å²) in [5.41, 5.74) is 1.83. The molecule has 0 aliphatic rings. The van der Waals surface area contributed by atoms with Gasteiger partial charge in [0, 0.05) is 44.0 Å². The second-order valence-corrected chi connectivity index (χ2v) is 4.35. The van der Waals surface area contributed by atoms with Crippen molar-refractivity contribution in [1.82, 2.24) is 4.57 Å². The highest BCUT2D eigenvalue weighted by atomic mass is 16.5. The van der Waals surface area contributed by atoms with Gasteiger partial charge in [-0.05, 0) is 30.7 Å². The summed E-state index contributed by atoms with van der Waals surface area (Å²) in [6.45, 7) is 2.98. The van der Waals surface area contributed by atoms with Crippen molar-refractivity contribution in [3.05, 3.63) is 36.0 Å². The average Bonchev–Trinajstić information content (AvgIpc) is 2.85. The maximum Gasteiger partial charge on any atom is 0.0991 e. The van der Waals surface area contributed by atoms with Crippen molar-refractivity contribution in [2.24, 2.45) is 0 Å². The molecule has 0 saturated carbocycles. The molecule has 4 nitrogen and oxygen atoms in total. The smallest absolute Gasteiger partial charge is 0.0991 e. The molecule has 4 heteroatoms. The Bertz CT molecular complexity index is 569. The summed E-state index contributed by atoms with van der Waals surface area (Å²) in [5.74, 6) is 0. The van der Waals surface area contributed by atoms with Gasteiger partial charge in [-0.2, -0.15) is 5.26 Å². The highest BCUT2D eigenvalue weighted by Crippen LogP contribution is 2.17. The molecule has 19 heavy (non-hydrogen) atoms. The van der Waals surface area contributed by atoms with Gasteiger partial charge in [-0.3, -0.25) is 0 Å². The third-order valence-electron chi connectivity index (χ3n) is 3.01. The summed E-state index contributed by atoms with van der Waals surface area (Å²) in [7, 11) is 1.70. The first-order valence-corrected chi connectivity index (χ1v) is 6.41. The molecule has 0 radical (unpaired) electrons. The van der Waals surface area contributed by atoms with E-state index >= 15 is 0 Å². The van der Waals surface area contributed by atoms with E-state index in [1.165, 1.54) is 0 Å². The van der Waals surface area contributed by atoms with Crippen molar-refractivity contribution in [3.63, 3.8) is 0 Å². The number of rotatable bonds is 7. The molecule has 2 aromatic rings. The van der Waals surface area contributed by atoms with Crippen LogP contribution in [0.25, 0.3) is 10.9 Å². The molecular formula is C15H18N2O2. The quantitative estimate of drug-likeness (QED) is 0.717. The minimum absolute atomic E-state index is 0.688. The van der Waals surface area contributed by atoms with Gasteiger partial charge >= 0.3 is 0 Å². The van der Waals surface area contributed by atoms with Crippen molar-refractivity contribution in [3.8, 4) is 6.07 Å². The van der Waals surface area contributed by atoms with Gasteiger partial charge in [0.05, 0.1) is 18.2 Å². The van der Waals surface area contributed by atoms with Crippen molar-refractivity contribution >= 4 is 10.9 Å². The molecular weight excluding hydrogens is 240 g/mol. The number of nitrogens with zero attached hydrogens (tertiary/aromatic N) is 2. The highest BCUT2D eigenvalue weighted by molar-refractivity contribution is 5.81. The van der Waals surface area contributed by atoms with Gasteiger partial charge in [0.1, 0.15) is 0 Å². The maximum atomic E-state index is 8.86. The zero-order valence-corrected chi connectivity index (χ0v) is 11.1. The van der Waals surface area contributed by atoms with Crippen LogP contribution in [0.5, 0.6) is 0 Å². The Morgan fingerprint density at radius 1 is 1.21 bits per heavy atom. The van der Waals surface area contributed by atoms with Gasteiger partial charge in [-0.25, -0.2) is 0 Å². The number of ether oxygens (including phenoxy) is 2. The third-order valence-corrected chi connectivity index (χ3v) is 3.01. The van der Waals surface area contributed by atoms with Crippen LogP contribution in [0.3, 0.4) is 0 Å². The Morgan fingerprint density at radius 2 is 2.11 bits per heavy atom. The fraction of sp³-hybridized carbons (Fsp3) is 0.400. The lowest BCUT2D eigenvalue weighted by Gasteiger charge is -2.07. The van der Waals surface area contributed by atoms with Crippen molar-refractivity contribution < 1.29 is 9.47 Å². The number of methoxy groups -OCH3 is 1. The zero-order valence-electron chi connectivity index (χ0n) is 11.1. The second-order valence-electron chi connectivity index (χ2n) is 4.35. The average molecular weight is 258 g/mol. The van der Waals surface area contributed by atoms with Crippen LogP contribution < -0.4 is 0 Å². The van der Waals surface area contributed by atoms with E-state index in [2.05, 4.69) is 10.6 Å². The van der Waals surface area contributed by atoms with Crippen LogP contribution in [-0.4, -0.2) is 31.5 Å². The lowest BCUT2D eigenvalue weighted by atomic mass is 10.2. The van der Waals surface area contributed by atoms with Crippen LogP contribution in [0, 0.1) is 11.3 Å². The summed E-state index contributed by atoms with van der Waals surface area (Å²) in [5, 5.41) is 9.96. The first kappa shape index (κ1) is 13.6. The van der Waals surface area contributed by atoms with Crippen LogP contribution in [0.2, 0.25) is 0 Å². The Labute approximate surface area is 113 Å². The summed E-state index contributed by atoms with van der Waals surface area (Å²) in [6, 6.07) is 9.92. The number of benzene rings is 1. The number of nitriles is 1. The van der Waals surface area contributed by atoms with Gasteiger partial charge < -0.3 is 14.0 Å². The number of hydrogen-bond donors (Lipinski definition) is 0. The Morgan fingerprint density at radius 3 is 2.89 bits per heavy atom. The minimum Gasteiger partial charge on any atom is -0.385 e. The first-order chi connectivity index (χ1) is 9.35. The predicted octanol–water partition coefficient (Wildman–Crippen LogP) is 2.57. The molecule has 2 rings (SSSR count). The van der Waals surface area contributed by atoms with Crippen LogP contribution >= 0.6 is 0 Å². The predicted molar refractivity (Wildman–Crippen MR) is 74.0 cm³/mol. The molecule has 0 amide bonds. The number of aromatic nitrogens is 1. The lowest BCUT2D eigenvalue weighted by Crippen LogP contribution is -2.07. The molecule has 0 N–H and O–H groups in total. The van der Waals surface area contributed by atoms with Gasteiger partial charge in [-0.1, -0.05) is 0 Å². The monoisotopic (exact) mass is 258 g/mol. The number of hydrogen-bond acceptors (Lipinski definition) is 3. The van der Waals surface area contributed by atoms with E-state index in [1.54, 1.807) is 7.11 Å². The fourth-order valence-electron chi connectivity index (χ4n) is 2.03. The van der Waals surface area contributed by atoms with Gasteiger partial charge in [0.15, 0.2) is 0 Å². The van der Waals surface area contributed by atoms with E-state index in [-0.39, 0.29) is 0 Å². The van der Waals surface area contributed by atoms with Gasteiger partial charge in [0.25, 0.3) is 0 Å². The highest BCUT2D eigenvalue weighted by Gasteiger charge is 2.01. The summed E-state index contributed by atoms with van der Waals surface area (Å²) in [4.78, 5) is 0. The molecule has 0 unspecified atom stereocenters. The molecule has 0 aliphatic heterocycles. The van der Waals surface area contributed by atoms with Crippen molar-refractivity contribution in [2.75, 3.05) is 26.9 Å². The topological polar surface area (TPSA) is 47.2 Å².